The van der Waals surface area contributed by atoms with Crippen molar-refractivity contribution in [3.8, 4) is 11.3 Å². The summed E-state index contributed by atoms with van der Waals surface area (Å²) in [6.07, 6.45) is 7.64. The zero-order valence-electron chi connectivity index (χ0n) is 11.8. The number of imidazole rings is 1. The predicted octanol–water partition coefficient (Wildman–Crippen LogP) is 4.26. The van der Waals surface area contributed by atoms with Gasteiger partial charge in [0.25, 0.3) is 0 Å². The van der Waals surface area contributed by atoms with Crippen LogP contribution in [-0.4, -0.2) is 21.6 Å². The zero-order chi connectivity index (χ0) is 13.5. The van der Waals surface area contributed by atoms with Crippen molar-refractivity contribution < 1.29 is 0 Å². The molecule has 1 aromatic heterocycles. The van der Waals surface area contributed by atoms with Crippen LogP contribution in [0.2, 0.25) is 0 Å². The average Bonchev–Trinajstić information content (AvgIpc) is 2.84. The lowest BCUT2D eigenvalue weighted by atomic mass is 10.1. The van der Waals surface area contributed by atoms with E-state index in [1.807, 2.05) is 18.1 Å². The van der Waals surface area contributed by atoms with Crippen molar-refractivity contribution in [2.45, 2.75) is 32.7 Å². The summed E-state index contributed by atoms with van der Waals surface area (Å²) in [7, 11) is 0. The molecule has 1 heterocycles. The minimum absolute atomic E-state index is 1.08. The van der Waals surface area contributed by atoms with Crippen LogP contribution in [0.4, 0.5) is 0 Å². The first-order valence-electron chi connectivity index (χ1n) is 6.95. The minimum atomic E-state index is 1.08. The van der Waals surface area contributed by atoms with Crippen LogP contribution in [0.1, 0.15) is 25.5 Å². The van der Waals surface area contributed by atoms with E-state index < -0.39 is 0 Å². The molecule has 0 saturated heterocycles. The second-order valence-electron chi connectivity index (χ2n) is 4.70. The van der Waals surface area contributed by atoms with Crippen molar-refractivity contribution in [1.82, 2.24) is 9.55 Å². The molecule has 3 heteroatoms. The van der Waals surface area contributed by atoms with Crippen LogP contribution < -0.4 is 0 Å². The van der Waals surface area contributed by atoms with Gasteiger partial charge in [0.2, 0.25) is 0 Å². The maximum Gasteiger partial charge on any atom is 0.0956 e. The number of aryl methyl sites for hydroxylation is 1. The Morgan fingerprint density at radius 3 is 2.68 bits per heavy atom. The van der Waals surface area contributed by atoms with Crippen molar-refractivity contribution in [2.75, 3.05) is 12.0 Å². The molecule has 0 amide bonds. The number of aromatic nitrogens is 2. The number of rotatable bonds is 7. The number of thioether (sulfide) groups is 1. The van der Waals surface area contributed by atoms with Gasteiger partial charge in [0.1, 0.15) is 0 Å². The second-order valence-corrected chi connectivity index (χ2v) is 5.68. The molecule has 0 N–H and O–H groups in total. The van der Waals surface area contributed by atoms with Gasteiger partial charge < -0.3 is 4.57 Å². The summed E-state index contributed by atoms with van der Waals surface area (Å²) < 4.78 is 2.34. The van der Waals surface area contributed by atoms with Gasteiger partial charge in [-0.15, -0.1) is 0 Å². The average molecular weight is 274 g/mol. The quantitative estimate of drug-likeness (QED) is 0.702. The standard InChI is InChI=1S/C16H22N2S/c1-3-8-15-16(14-9-5-4-6-10-14)17-13-18(15)11-7-12-19-2/h4-6,9-10,13H,3,7-8,11-12H2,1-2H3. The lowest BCUT2D eigenvalue weighted by Gasteiger charge is -2.09. The number of benzene rings is 1. The smallest absolute Gasteiger partial charge is 0.0956 e. The van der Waals surface area contributed by atoms with Crippen LogP contribution in [0.3, 0.4) is 0 Å². The highest BCUT2D eigenvalue weighted by molar-refractivity contribution is 7.98. The fourth-order valence-electron chi connectivity index (χ4n) is 2.32. The van der Waals surface area contributed by atoms with Gasteiger partial charge in [-0.25, -0.2) is 4.98 Å². The van der Waals surface area contributed by atoms with Gasteiger partial charge in [-0.2, -0.15) is 11.8 Å². The molecule has 0 radical (unpaired) electrons. The molecular weight excluding hydrogens is 252 g/mol. The molecule has 102 valence electrons. The first-order valence-corrected chi connectivity index (χ1v) is 8.34. The number of nitrogens with zero attached hydrogens (tertiary/aromatic N) is 2. The maximum atomic E-state index is 4.64. The van der Waals surface area contributed by atoms with Gasteiger partial charge in [0.15, 0.2) is 0 Å². The Labute approximate surface area is 120 Å². The Hall–Kier alpha value is -1.22. The van der Waals surface area contributed by atoms with E-state index >= 15 is 0 Å². The van der Waals surface area contributed by atoms with Gasteiger partial charge in [0, 0.05) is 17.8 Å². The van der Waals surface area contributed by atoms with E-state index in [-0.39, 0.29) is 0 Å². The Morgan fingerprint density at radius 1 is 1.21 bits per heavy atom. The predicted molar refractivity (Wildman–Crippen MR) is 84.7 cm³/mol. The van der Waals surface area contributed by atoms with E-state index in [9.17, 15) is 0 Å². The summed E-state index contributed by atoms with van der Waals surface area (Å²) in [5.74, 6) is 1.21. The molecule has 0 unspecified atom stereocenters. The van der Waals surface area contributed by atoms with Crippen molar-refractivity contribution in [1.29, 1.82) is 0 Å². The fourth-order valence-corrected chi connectivity index (χ4v) is 2.73. The summed E-state index contributed by atoms with van der Waals surface area (Å²) in [5, 5.41) is 0. The molecule has 0 bridgehead atoms. The SMILES string of the molecule is CCCc1c(-c2ccccc2)ncn1CCCSC. The van der Waals surface area contributed by atoms with E-state index in [1.165, 1.54) is 23.4 Å². The Kier molecular flexibility index (Phi) is 5.52. The summed E-state index contributed by atoms with van der Waals surface area (Å²) >= 11 is 1.91. The van der Waals surface area contributed by atoms with Gasteiger partial charge in [0.05, 0.1) is 12.0 Å². The largest absolute Gasteiger partial charge is 0.334 e. The van der Waals surface area contributed by atoms with Crippen molar-refractivity contribution in [3.63, 3.8) is 0 Å². The van der Waals surface area contributed by atoms with Crippen LogP contribution in [0.15, 0.2) is 36.7 Å². The topological polar surface area (TPSA) is 17.8 Å². The first-order chi connectivity index (χ1) is 9.36. The van der Waals surface area contributed by atoms with E-state index in [0.717, 1.165) is 25.1 Å². The first kappa shape index (κ1) is 14.2. The molecule has 0 aliphatic carbocycles. The van der Waals surface area contributed by atoms with Gasteiger partial charge >= 0.3 is 0 Å². The minimum Gasteiger partial charge on any atom is -0.334 e. The third-order valence-corrected chi connectivity index (χ3v) is 3.92. The monoisotopic (exact) mass is 274 g/mol. The molecule has 0 spiro atoms. The van der Waals surface area contributed by atoms with E-state index in [0.29, 0.717) is 0 Å². The summed E-state index contributed by atoms with van der Waals surface area (Å²) in [4.78, 5) is 4.64. The molecule has 0 aliphatic heterocycles. The van der Waals surface area contributed by atoms with Crippen molar-refractivity contribution in [3.05, 3.63) is 42.4 Å². The molecule has 19 heavy (non-hydrogen) atoms. The summed E-state index contributed by atoms with van der Waals surface area (Å²) in [6.45, 7) is 3.31. The maximum absolute atomic E-state index is 4.64. The highest BCUT2D eigenvalue weighted by atomic mass is 32.2. The molecule has 2 aromatic rings. The summed E-state index contributed by atoms with van der Waals surface area (Å²) in [5.41, 5.74) is 3.77. The molecular formula is C16H22N2S. The number of hydrogen-bond donors (Lipinski definition) is 0. The van der Waals surface area contributed by atoms with E-state index in [1.54, 1.807) is 0 Å². The summed E-state index contributed by atoms with van der Waals surface area (Å²) in [6, 6.07) is 10.5. The zero-order valence-corrected chi connectivity index (χ0v) is 12.6. The highest BCUT2D eigenvalue weighted by Gasteiger charge is 2.11. The number of hydrogen-bond acceptors (Lipinski definition) is 2. The van der Waals surface area contributed by atoms with Crippen LogP contribution in [0, 0.1) is 0 Å². The molecule has 0 fully saturated rings. The van der Waals surface area contributed by atoms with E-state index in [4.69, 9.17) is 0 Å². The third kappa shape index (κ3) is 3.63. The molecule has 0 saturated carbocycles. The van der Waals surface area contributed by atoms with Crippen molar-refractivity contribution >= 4 is 11.8 Å². The fraction of sp³-hybridized carbons (Fsp3) is 0.438. The lowest BCUT2D eigenvalue weighted by Crippen LogP contribution is -2.03. The highest BCUT2D eigenvalue weighted by Crippen LogP contribution is 2.23. The molecule has 1 aromatic carbocycles. The molecule has 2 rings (SSSR count). The van der Waals surface area contributed by atoms with E-state index in [2.05, 4.69) is 53.1 Å². The lowest BCUT2D eigenvalue weighted by molar-refractivity contribution is 0.644. The van der Waals surface area contributed by atoms with Gasteiger partial charge in [-0.05, 0) is 24.9 Å². The Morgan fingerprint density at radius 2 is 2.00 bits per heavy atom. The third-order valence-electron chi connectivity index (χ3n) is 3.23. The van der Waals surface area contributed by atoms with Crippen LogP contribution in [-0.2, 0) is 13.0 Å². The molecule has 0 atom stereocenters. The normalized spacial score (nSPS) is 10.8. The van der Waals surface area contributed by atoms with Crippen LogP contribution in [0.5, 0.6) is 0 Å². The van der Waals surface area contributed by atoms with Crippen LogP contribution >= 0.6 is 11.8 Å². The Balaban J connectivity index is 2.24. The molecule has 2 nitrogen and oxygen atoms in total. The second kappa shape index (κ2) is 7.39. The Bertz CT molecular complexity index is 491. The van der Waals surface area contributed by atoms with Crippen molar-refractivity contribution in [2.24, 2.45) is 0 Å². The van der Waals surface area contributed by atoms with Gasteiger partial charge in [-0.3, -0.25) is 0 Å². The van der Waals surface area contributed by atoms with Crippen LogP contribution in [0.25, 0.3) is 11.3 Å². The molecule has 0 aliphatic rings. The van der Waals surface area contributed by atoms with Gasteiger partial charge in [-0.1, -0.05) is 43.7 Å².